The van der Waals surface area contributed by atoms with Crippen LogP contribution in [0.15, 0.2) is 15.5 Å². The number of nitrogens with zero attached hydrogens (tertiary/aromatic N) is 4. The summed E-state index contributed by atoms with van der Waals surface area (Å²) < 4.78 is 16.6. The van der Waals surface area contributed by atoms with Crippen LogP contribution in [0.4, 0.5) is 0 Å². The van der Waals surface area contributed by atoms with E-state index in [-0.39, 0.29) is 12.0 Å². The maximum Gasteiger partial charge on any atom is 0.382 e. The van der Waals surface area contributed by atoms with Crippen LogP contribution in [0.2, 0.25) is 0 Å². The number of ether oxygens (including phenoxy) is 2. The summed E-state index contributed by atoms with van der Waals surface area (Å²) in [6.45, 7) is 3.87. The first-order chi connectivity index (χ1) is 14.3. The van der Waals surface area contributed by atoms with Crippen LogP contribution in [0.25, 0.3) is 0 Å². The average molecular weight is 414 g/mol. The number of aliphatic imine (C=N–C) groups is 1. The fourth-order valence-corrected chi connectivity index (χ4v) is 6.81. The Balaban J connectivity index is 1.22. The summed E-state index contributed by atoms with van der Waals surface area (Å²) >= 11 is 1.82. The van der Waals surface area contributed by atoms with Crippen molar-refractivity contribution in [2.75, 3.05) is 26.3 Å². The van der Waals surface area contributed by atoms with Crippen molar-refractivity contribution in [1.29, 1.82) is 5.26 Å². The average Bonchev–Trinajstić information content (AvgIpc) is 3.33. The lowest BCUT2D eigenvalue weighted by Crippen LogP contribution is -2.46. The van der Waals surface area contributed by atoms with E-state index in [1.54, 1.807) is 6.34 Å². The molecule has 2 atom stereocenters. The summed E-state index contributed by atoms with van der Waals surface area (Å²) in [6, 6.07) is 2.99. The van der Waals surface area contributed by atoms with Crippen LogP contribution in [0, 0.1) is 23.2 Å². The summed E-state index contributed by atoms with van der Waals surface area (Å²) in [7, 11) is 0. The molecule has 2 fully saturated rings. The summed E-state index contributed by atoms with van der Waals surface area (Å²) in [6.07, 6.45) is 10.3. The van der Waals surface area contributed by atoms with Gasteiger partial charge in [0.15, 0.2) is 5.92 Å². The second-order valence-corrected chi connectivity index (χ2v) is 9.71. The predicted molar refractivity (Wildman–Crippen MR) is 116 cm³/mol. The van der Waals surface area contributed by atoms with E-state index in [9.17, 15) is 0 Å². The third-order valence-corrected chi connectivity index (χ3v) is 8.22. The molecule has 0 amide bonds. The molecule has 0 N–H and O–H groups in total. The zero-order valence-electron chi connectivity index (χ0n) is 16.9. The lowest BCUT2D eigenvalue weighted by atomic mass is 9.87. The highest BCUT2D eigenvalue weighted by molar-refractivity contribution is 8.17. The van der Waals surface area contributed by atoms with Crippen molar-refractivity contribution in [1.82, 2.24) is 9.57 Å². The number of allylic oxidation sites excluding steroid dienone is 1. The molecule has 1 unspecified atom stereocenters. The van der Waals surface area contributed by atoms with Crippen molar-refractivity contribution in [2.24, 2.45) is 16.8 Å². The van der Waals surface area contributed by atoms with Gasteiger partial charge in [-0.05, 0) is 73.1 Å². The van der Waals surface area contributed by atoms with Gasteiger partial charge in [-0.15, -0.1) is 0 Å². The van der Waals surface area contributed by atoms with Crippen LogP contribution in [0.5, 0.6) is 0 Å². The molecular formula is C22H29N4O2S+. The first-order valence-electron chi connectivity index (χ1n) is 11.1. The molecular weight excluding hydrogens is 384 g/mol. The first-order valence-corrected chi connectivity index (χ1v) is 11.9. The Labute approximate surface area is 176 Å². The van der Waals surface area contributed by atoms with E-state index < -0.39 is 0 Å². The van der Waals surface area contributed by atoms with E-state index in [1.165, 1.54) is 23.3 Å². The van der Waals surface area contributed by atoms with Gasteiger partial charge < -0.3 is 9.47 Å². The maximum absolute atomic E-state index is 9.02. The zero-order valence-corrected chi connectivity index (χ0v) is 17.7. The van der Waals surface area contributed by atoms with Gasteiger partial charge in [-0.25, -0.2) is 4.67 Å². The highest BCUT2D eigenvalue weighted by Gasteiger charge is 2.49. The number of fused-ring (bicyclic) bond motifs is 2. The third kappa shape index (κ3) is 3.92. The summed E-state index contributed by atoms with van der Waals surface area (Å²) in [4.78, 5) is 8.65. The van der Waals surface area contributed by atoms with E-state index in [0.717, 1.165) is 69.3 Å². The van der Waals surface area contributed by atoms with Gasteiger partial charge in [-0.2, -0.15) is 5.26 Å². The lowest BCUT2D eigenvalue weighted by Gasteiger charge is -2.38. The van der Waals surface area contributed by atoms with Crippen molar-refractivity contribution in [3.05, 3.63) is 10.5 Å². The first kappa shape index (κ1) is 19.4. The Morgan fingerprint density at radius 3 is 2.86 bits per heavy atom. The molecule has 3 heterocycles. The largest absolute Gasteiger partial charge is 0.459 e. The molecule has 2 aliphatic carbocycles. The fourth-order valence-electron chi connectivity index (χ4n) is 5.49. The molecule has 3 aliphatic heterocycles. The van der Waals surface area contributed by atoms with Gasteiger partial charge in [0.25, 0.3) is 5.04 Å². The maximum atomic E-state index is 9.02. The minimum atomic E-state index is 0.114. The Morgan fingerprint density at radius 1 is 1.24 bits per heavy atom. The van der Waals surface area contributed by atoms with Crippen molar-refractivity contribution >= 4 is 29.0 Å². The van der Waals surface area contributed by atoms with Gasteiger partial charge in [-0.1, -0.05) is 0 Å². The molecule has 154 valence electrons. The van der Waals surface area contributed by atoms with Gasteiger partial charge >= 0.3 is 12.2 Å². The topological polar surface area (TPSA) is 71.9 Å². The monoisotopic (exact) mass is 413 g/mol. The summed E-state index contributed by atoms with van der Waals surface area (Å²) in [5, 5.41) is 10.2. The van der Waals surface area contributed by atoms with Crippen LogP contribution in [-0.2, 0) is 9.47 Å². The van der Waals surface area contributed by atoms with Gasteiger partial charge in [0, 0.05) is 30.5 Å². The molecule has 0 aromatic rings. The van der Waals surface area contributed by atoms with E-state index in [0.29, 0.717) is 18.4 Å². The third-order valence-electron chi connectivity index (χ3n) is 6.98. The molecule has 5 aliphatic rings. The second kappa shape index (κ2) is 8.65. The number of nitriles is 1. The van der Waals surface area contributed by atoms with Crippen LogP contribution in [0.3, 0.4) is 0 Å². The molecule has 5 rings (SSSR count). The second-order valence-electron chi connectivity index (χ2n) is 8.59. The van der Waals surface area contributed by atoms with Crippen molar-refractivity contribution < 1.29 is 9.47 Å². The van der Waals surface area contributed by atoms with E-state index in [4.69, 9.17) is 14.7 Å². The number of hydrogen-bond donors (Lipinski definition) is 0. The molecule has 6 nitrogen and oxygen atoms in total. The molecule has 1 saturated heterocycles. The Kier molecular flexibility index (Phi) is 5.78. The highest BCUT2D eigenvalue weighted by atomic mass is 32.2. The lowest BCUT2D eigenvalue weighted by molar-refractivity contribution is -0.00251. The molecule has 29 heavy (non-hydrogen) atoms. The number of rotatable bonds is 4. The molecule has 0 radical (unpaired) electrons. The van der Waals surface area contributed by atoms with E-state index in [1.807, 2.05) is 11.8 Å². The van der Waals surface area contributed by atoms with Crippen LogP contribution in [-0.4, -0.2) is 60.6 Å². The van der Waals surface area contributed by atoms with Crippen molar-refractivity contribution in [3.8, 4) is 6.07 Å². The van der Waals surface area contributed by atoms with E-state index >= 15 is 0 Å². The smallest absolute Gasteiger partial charge is 0.382 e. The van der Waals surface area contributed by atoms with Crippen LogP contribution >= 0.6 is 11.8 Å². The highest BCUT2D eigenvalue weighted by Crippen LogP contribution is 2.51. The van der Waals surface area contributed by atoms with Crippen molar-refractivity contribution in [2.45, 2.75) is 63.5 Å². The van der Waals surface area contributed by atoms with Crippen LogP contribution in [0.1, 0.15) is 51.4 Å². The van der Waals surface area contributed by atoms with Crippen LogP contribution < -0.4 is 4.67 Å². The van der Waals surface area contributed by atoms with Gasteiger partial charge in [0.2, 0.25) is 0 Å². The normalized spacial score (nSPS) is 34.3. The van der Waals surface area contributed by atoms with Crippen molar-refractivity contribution in [3.63, 3.8) is 0 Å². The van der Waals surface area contributed by atoms with Gasteiger partial charge in [-0.3, -0.25) is 4.90 Å². The quantitative estimate of drug-likeness (QED) is 0.663. The molecule has 1 saturated carbocycles. The minimum Gasteiger partial charge on any atom is -0.459 e. The molecule has 0 spiro atoms. The predicted octanol–water partition coefficient (Wildman–Crippen LogP) is 2.88. The Hall–Kier alpha value is -1.58. The SMILES string of the molecule is N#CCC[C@H]1CCC2=C1C1C(OC3CCC(N4CCOCC4)CC3)=NC=[N+]=C1S2. The fraction of sp³-hybridized carbons (Fsp3) is 0.727. The summed E-state index contributed by atoms with van der Waals surface area (Å²) in [5.74, 6) is 1.45. The number of morpholine rings is 1. The molecule has 0 aromatic carbocycles. The molecule has 0 aromatic heterocycles. The standard InChI is InChI=1S/C22H29N4O2S/c23-9-1-2-15-3-8-18-19(15)20-21(24-14-25-22(20)29-18)28-17-6-4-16(5-7-17)26-10-12-27-13-11-26/h14-17,20H,1-8,10-13H2/q+1/t15-,16?,17?,20?/m0/s1. The summed E-state index contributed by atoms with van der Waals surface area (Å²) in [5.41, 5.74) is 1.46. The molecule has 0 bridgehead atoms. The number of hydrogen-bond acceptors (Lipinski definition) is 6. The van der Waals surface area contributed by atoms with E-state index in [2.05, 4.69) is 20.6 Å². The molecule has 7 heteroatoms. The minimum absolute atomic E-state index is 0.114. The Morgan fingerprint density at radius 2 is 2.07 bits per heavy atom. The van der Waals surface area contributed by atoms with Gasteiger partial charge in [0.1, 0.15) is 6.10 Å². The Bertz CT molecular complexity index is 809. The number of thioether (sulfide) groups is 1. The van der Waals surface area contributed by atoms with Gasteiger partial charge in [0.05, 0.1) is 19.3 Å². The zero-order chi connectivity index (χ0) is 19.6.